The topological polar surface area (TPSA) is 76.7 Å². The Morgan fingerprint density at radius 3 is 2.23 bits per heavy atom. The van der Waals surface area contributed by atoms with Crippen LogP contribution in [0.25, 0.3) is 0 Å². The van der Waals surface area contributed by atoms with Gasteiger partial charge in [0, 0.05) is 12.1 Å². The molecule has 1 aromatic rings. The highest BCUT2D eigenvalue weighted by molar-refractivity contribution is 5.89. The molecule has 0 atom stereocenters. The maximum atomic E-state index is 13.1. The molecule has 0 aliphatic heterocycles. The second-order valence-corrected chi connectivity index (χ2v) is 7.33. The molecule has 0 radical (unpaired) electrons. The van der Waals surface area contributed by atoms with Crippen LogP contribution in [0.4, 0.5) is 13.6 Å². The van der Waals surface area contributed by atoms with Crippen molar-refractivity contribution in [1.82, 2.24) is 10.8 Å². The number of nitrogens with one attached hydrogen (secondary N) is 2. The minimum atomic E-state index is -1.10. The van der Waals surface area contributed by atoms with E-state index in [9.17, 15) is 18.4 Å². The first kappa shape index (κ1) is 20.1. The van der Waals surface area contributed by atoms with Gasteiger partial charge in [0.25, 0.3) is 0 Å². The minimum absolute atomic E-state index is 0.00444. The summed E-state index contributed by atoms with van der Waals surface area (Å²) in [5.74, 6) is -2.91. The fourth-order valence-electron chi connectivity index (χ4n) is 2.65. The van der Waals surface area contributed by atoms with Gasteiger partial charge in [-0.05, 0) is 64.7 Å². The summed E-state index contributed by atoms with van der Waals surface area (Å²) in [6.07, 6.45) is 2.34. The number of carbonyl (C=O) groups excluding carboxylic acids is 2. The van der Waals surface area contributed by atoms with Gasteiger partial charge in [0.05, 0.1) is 5.56 Å². The van der Waals surface area contributed by atoms with Gasteiger partial charge in [0.1, 0.15) is 5.60 Å². The molecule has 0 heterocycles. The van der Waals surface area contributed by atoms with E-state index in [1.165, 1.54) is 0 Å². The van der Waals surface area contributed by atoms with Gasteiger partial charge < -0.3 is 14.9 Å². The van der Waals surface area contributed by atoms with Crippen molar-refractivity contribution in [2.24, 2.45) is 0 Å². The minimum Gasteiger partial charge on any atom is -0.444 e. The number of ether oxygens (including phenoxy) is 1. The van der Waals surface area contributed by atoms with Gasteiger partial charge in [0.2, 0.25) is 0 Å². The summed E-state index contributed by atoms with van der Waals surface area (Å²) >= 11 is 0. The Kier molecular flexibility index (Phi) is 6.52. The molecule has 1 aliphatic rings. The SMILES string of the molecule is CC(C)(C)OC(=O)NC1CCC(NOC(=O)c2ccc(F)c(F)c2)CC1. The summed E-state index contributed by atoms with van der Waals surface area (Å²) in [4.78, 5) is 28.6. The van der Waals surface area contributed by atoms with Crippen molar-refractivity contribution in [3.05, 3.63) is 35.4 Å². The normalized spacial score (nSPS) is 20.3. The number of hydrogen-bond donors (Lipinski definition) is 2. The lowest BCUT2D eigenvalue weighted by molar-refractivity contribution is 0.00983. The lowest BCUT2D eigenvalue weighted by Gasteiger charge is -2.30. The van der Waals surface area contributed by atoms with E-state index in [-0.39, 0.29) is 17.6 Å². The van der Waals surface area contributed by atoms with Crippen molar-refractivity contribution in [2.75, 3.05) is 0 Å². The highest BCUT2D eigenvalue weighted by atomic mass is 19.2. The van der Waals surface area contributed by atoms with E-state index in [1.807, 2.05) is 0 Å². The number of amides is 1. The van der Waals surface area contributed by atoms with Gasteiger partial charge in [-0.3, -0.25) is 0 Å². The third kappa shape index (κ3) is 6.25. The second-order valence-electron chi connectivity index (χ2n) is 7.33. The lowest BCUT2D eigenvalue weighted by Crippen LogP contribution is -2.44. The first-order valence-corrected chi connectivity index (χ1v) is 8.55. The Morgan fingerprint density at radius 2 is 1.65 bits per heavy atom. The zero-order valence-corrected chi connectivity index (χ0v) is 15.1. The molecule has 1 amide bonds. The van der Waals surface area contributed by atoms with Gasteiger partial charge in [0.15, 0.2) is 11.6 Å². The maximum Gasteiger partial charge on any atom is 0.407 e. The van der Waals surface area contributed by atoms with Crippen molar-refractivity contribution in [3.8, 4) is 0 Å². The van der Waals surface area contributed by atoms with Crippen molar-refractivity contribution in [1.29, 1.82) is 0 Å². The molecular weight excluding hydrogens is 346 g/mol. The van der Waals surface area contributed by atoms with Gasteiger partial charge in [-0.2, -0.15) is 0 Å². The average Bonchev–Trinajstić information content (AvgIpc) is 2.54. The highest BCUT2D eigenvalue weighted by Gasteiger charge is 2.25. The summed E-state index contributed by atoms with van der Waals surface area (Å²) in [5, 5.41) is 2.82. The molecule has 1 aliphatic carbocycles. The van der Waals surface area contributed by atoms with Crippen LogP contribution >= 0.6 is 0 Å². The van der Waals surface area contributed by atoms with Crippen LogP contribution in [0.1, 0.15) is 56.8 Å². The van der Waals surface area contributed by atoms with Crippen molar-refractivity contribution >= 4 is 12.1 Å². The summed E-state index contributed by atoms with van der Waals surface area (Å²) in [6.45, 7) is 5.40. The Morgan fingerprint density at radius 1 is 1.04 bits per heavy atom. The summed E-state index contributed by atoms with van der Waals surface area (Å²) in [7, 11) is 0. The predicted molar refractivity (Wildman–Crippen MR) is 90.3 cm³/mol. The lowest BCUT2D eigenvalue weighted by atomic mass is 9.92. The Bertz CT molecular complexity index is 653. The van der Waals surface area contributed by atoms with Crippen molar-refractivity contribution < 1.29 is 27.9 Å². The molecule has 0 unspecified atom stereocenters. The summed E-state index contributed by atoms with van der Waals surface area (Å²) < 4.78 is 31.2. The van der Waals surface area contributed by atoms with Crippen LogP contribution in [0, 0.1) is 11.6 Å². The molecule has 1 saturated carbocycles. The molecule has 1 aromatic carbocycles. The van der Waals surface area contributed by atoms with E-state index >= 15 is 0 Å². The van der Waals surface area contributed by atoms with Crippen LogP contribution in [0.3, 0.4) is 0 Å². The zero-order chi connectivity index (χ0) is 19.3. The molecule has 8 heteroatoms. The molecule has 0 saturated heterocycles. The van der Waals surface area contributed by atoms with Gasteiger partial charge in [-0.1, -0.05) is 0 Å². The van der Waals surface area contributed by atoms with E-state index in [0.29, 0.717) is 25.7 Å². The average molecular weight is 370 g/mol. The third-order valence-corrected chi connectivity index (χ3v) is 3.92. The fraction of sp³-hybridized carbons (Fsp3) is 0.556. The second kappa shape index (κ2) is 8.44. The molecular formula is C18H24F2N2O4. The van der Waals surface area contributed by atoms with Gasteiger partial charge in [-0.15, -0.1) is 5.48 Å². The van der Waals surface area contributed by atoms with Crippen LogP contribution in [0.15, 0.2) is 18.2 Å². The van der Waals surface area contributed by atoms with Crippen LogP contribution in [-0.2, 0) is 9.57 Å². The van der Waals surface area contributed by atoms with E-state index in [4.69, 9.17) is 9.57 Å². The van der Waals surface area contributed by atoms with E-state index in [2.05, 4.69) is 10.8 Å². The predicted octanol–water partition coefficient (Wildman–Crippen LogP) is 3.46. The number of benzene rings is 1. The van der Waals surface area contributed by atoms with Gasteiger partial charge >= 0.3 is 12.1 Å². The molecule has 1 fully saturated rings. The molecule has 6 nitrogen and oxygen atoms in total. The number of rotatable bonds is 4. The molecule has 2 rings (SSSR count). The number of hydrogen-bond acceptors (Lipinski definition) is 5. The highest BCUT2D eigenvalue weighted by Crippen LogP contribution is 2.20. The van der Waals surface area contributed by atoms with Gasteiger partial charge in [-0.25, -0.2) is 18.4 Å². The largest absolute Gasteiger partial charge is 0.444 e. The standard InChI is InChI=1S/C18H24F2N2O4/c1-18(2,3)25-17(24)21-12-5-7-13(8-6-12)22-26-16(23)11-4-9-14(19)15(20)10-11/h4,9-10,12-13,22H,5-8H2,1-3H3,(H,21,24). The summed E-state index contributed by atoms with van der Waals surface area (Å²) in [6, 6.07) is 2.76. The van der Waals surface area contributed by atoms with Crippen LogP contribution in [-0.4, -0.2) is 29.7 Å². The quantitative estimate of drug-likeness (QED) is 0.794. The van der Waals surface area contributed by atoms with E-state index in [1.54, 1.807) is 20.8 Å². The van der Waals surface area contributed by atoms with Crippen molar-refractivity contribution in [3.63, 3.8) is 0 Å². The number of halogens is 2. The van der Waals surface area contributed by atoms with E-state index in [0.717, 1.165) is 18.2 Å². The molecule has 144 valence electrons. The first-order chi connectivity index (χ1) is 12.1. The monoisotopic (exact) mass is 370 g/mol. The fourth-order valence-corrected chi connectivity index (χ4v) is 2.65. The number of alkyl carbamates (subject to hydrolysis) is 1. The van der Waals surface area contributed by atoms with Crippen LogP contribution < -0.4 is 10.8 Å². The maximum absolute atomic E-state index is 13.1. The van der Waals surface area contributed by atoms with Crippen molar-refractivity contribution in [2.45, 2.75) is 64.1 Å². The summed E-state index contributed by atoms with van der Waals surface area (Å²) in [5.41, 5.74) is 2.04. The van der Waals surface area contributed by atoms with Crippen LogP contribution in [0.2, 0.25) is 0 Å². The number of carbonyl (C=O) groups is 2. The Labute approximate surface area is 151 Å². The molecule has 26 heavy (non-hydrogen) atoms. The third-order valence-electron chi connectivity index (χ3n) is 3.92. The molecule has 0 bridgehead atoms. The Balaban J connectivity index is 1.72. The molecule has 0 spiro atoms. The molecule has 0 aromatic heterocycles. The first-order valence-electron chi connectivity index (χ1n) is 8.55. The Hall–Kier alpha value is -2.22. The van der Waals surface area contributed by atoms with Crippen LogP contribution in [0.5, 0.6) is 0 Å². The smallest absolute Gasteiger partial charge is 0.407 e. The van der Waals surface area contributed by atoms with E-state index < -0.39 is 29.3 Å². The molecule has 2 N–H and O–H groups in total. The zero-order valence-electron chi connectivity index (χ0n) is 15.1. The number of hydroxylamine groups is 1.